The third-order valence-electron chi connectivity index (χ3n) is 2.76. The van der Waals surface area contributed by atoms with Crippen molar-refractivity contribution in [3.8, 4) is 22.8 Å². The lowest BCUT2D eigenvalue weighted by molar-refractivity contribution is 0.432. The number of hydrogen-bond donors (Lipinski definition) is 1. The quantitative estimate of drug-likeness (QED) is 0.696. The molecule has 100 valence electrons. The summed E-state index contributed by atoms with van der Waals surface area (Å²) in [6.45, 7) is 0. The predicted octanol–water partition coefficient (Wildman–Crippen LogP) is 4.40. The van der Waals surface area contributed by atoms with Crippen molar-refractivity contribution in [3.63, 3.8) is 0 Å². The van der Waals surface area contributed by atoms with E-state index < -0.39 is 0 Å². The van der Waals surface area contributed by atoms with Gasteiger partial charge in [0.1, 0.15) is 0 Å². The minimum atomic E-state index is 0.388. The second-order valence-electron chi connectivity index (χ2n) is 4.14. The summed E-state index contributed by atoms with van der Waals surface area (Å²) in [5.74, 6) is 0.832. The van der Waals surface area contributed by atoms with Crippen molar-refractivity contribution in [2.24, 2.45) is 0 Å². The van der Waals surface area contributed by atoms with Crippen LogP contribution in [0.25, 0.3) is 22.8 Å². The molecule has 0 saturated carbocycles. The van der Waals surface area contributed by atoms with Crippen molar-refractivity contribution in [1.82, 2.24) is 10.1 Å². The zero-order valence-electron chi connectivity index (χ0n) is 10.2. The molecule has 20 heavy (non-hydrogen) atoms. The molecule has 0 saturated heterocycles. The average Bonchev–Trinajstić information content (AvgIpc) is 2.91. The third-order valence-corrected chi connectivity index (χ3v) is 3.78. The fraction of sp³-hybridized carbons (Fsp3) is 0. The molecular weight excluding hydrogens is 342 g/mol. The van der Waals surface area contributed by atoms with E-state index in [2.05, 4.69) is 26.1 Å². The monoisotopic (exact) mass is 349 g/mol. The van der Waals surface area contributed by atoms with Gasteiger partial charge in [0.15, 0.2) is 0 Å². The minimum Gasteiger partial charge on any atom is -0.399 e. The van der Waals surface area contributed by atoms with Gasteiger partial charge in [-0.05, 0) is 46.3 Å². The van der Waals surface area contributed by atoms with Crippen molar-refractivity contribution in [1.29, 1.82) is 0 Å². The van der Waals surface area contributed by atoms with Crippen LogP contribution >= 0.6 is 27.5 Å². The van der Waals surface area contributed by atoms with Crippen LogP contribution in [0.15, 0.2) is 51.5 Å². The van der Waals surface area contributed by atoms with E-state index in [1.807, 2.05) is 24.3 Å². The molecular formula is C14H9BrClN3O. The minimum absolute atomic E-state index is 0.388. The maximum absolute atomic E-state index is 6.12. The van der Waals surface area contributed by atoms with Crippen LogP contribution < -0.4 is 5.73 Å². The summed E-state index contributed by atoms with van der Waals surface area (Å²) in [6.07, 6.45) is 0. The highest BCUT2D eigenvalue weighted by atomic mass is 79.9. The zero-order valence-corrected chi connectivity index (χ0v) is 12.5. The smallest absolute Gasteiger partial charge is 0.259 e. The summed E-state index contributed by atoms with van der Waals surface area (Å²) in [5.41, 5.74) is 7.87. The van der Waals surface area contributed by atoms with Gasteiger partial charge in [-0.15, -0.1) is 0 Å². The van der Waals surface area contributed by atoms with Crippen molar-refractivity contribution in [2.45, 2.75) is 0 Å². The molecule has 0 aliphatic carbocycles. The number of benzene rings is 2. The van der Waals surface area contributed by atoms with Crippen LogP contribution in [-0.4, -0.2) is 10.1 Å². The van der Waals surface area contributed by atoms with E-state index in [9.17, 15) is 0 Å². The Morgan fingerprint density at radius 3 is 2.70 bits per heavy atom. The highest BCUT2D eigenvalue weighted by molar-refractivity contribution is 9.10. The molecule has 4 nitrogen and oxygen atoms in total. The lowest BCUT2D eigenvalue weighted by Gasteiger charge is -2.00. The van der Waals surface area contributed by atoms with Crippen LogP contribution in [-0.2, 0) is 0 Å². The standard InChI is InChI=1S/C14H9BrClN3O/c15-11-6-5-8(17)7-10(11)14-18-13(19-20-14)9-3-1-2-4-12(9)16/h1-7H,17H2. The first-order valence-corrected chi connectivity index (χ1v) is 6.96. The van der Waals surface area contributed by atoms with E-state index in [1.54, 1.807) is 18.2 Å². The first-order chi connectivity index (χ1) is 9.65. The van der Waals surface area contributed by atoms with Gasteiger partial charge in [-0.3, -0.25) is 0 Å². The third kappa shape index (κ3) is 2.42. The first kappa shape index (κ1) is 13.1. The van der Waals surface area contributed by atoms with E-state index >= 15 is 0 Å². The first-order valence-electron chi connectivity index (χ1n) is 5.79. The Labute approximate surface area is 128 Å². The number of halogens is 2. The van der Waals surface area contributed by atoms with Gasteiger partial charge in [-0.1, -0.05) is 28.9 Å². The van der Waals surface area contributed by atoms with Crippen LogP contribution in [0.5, 0.6) is 0 Å². The molecule has 0 atom stereocenters. The molecule has 2 N–H and O–H groups in total. The molecule has 0 unspecified atom stereocenters. The van der Waals surface area contributed by atoms with Crippen molar-refractivity contribution < 1.29 is 4.52 Å². The zero-order chi connectivity index (χ0) is 14.1. The van der Waals surface area contributed by atoms with Crippen molar-refractivity contribution in [2.75, 3.05) is 5.73 Å². The summed E-state index contributed by atoms with van der Waals surface area (Å²) >= 11 is 9.56. The summed E-state index contributed by atoms with van der Waals surface area (Å²) in [6, 6.07) is 12.7. The second kappa shape index (κ2) is 5.26. The molecule has 0 aliphatic rings. The van der Waals surface area contributed by atoms with Crippen LogP contribution in [0.2, 0.25) is 5.02 Å². The molecule has 0 fully saturated rings. The molecule has 1 aromatic heterocycles. The molecule has 0 radical (unpaired) electrons. The average molecular weight is 351 g/mol. The molecule has 6 heteroatoms. The Morgan fingerprint density at radius 1 is 1.10 bits per heavy atom. The number of anilines is 1. The van der Waals surface area contributed by atoms with Gasteiger partial charge < -0.3 is 10.3 Å². The van der Waals surface area contributed by atoms with Crippen LogP contribution in [0.3, 0.4) is 0 Å². The van der Waals surface area contributed by atoms with Crippen molar-refractivity contribution >= 4 is 33.2 Å². The van der Waals surface area contributed by atoms with E-state index in [1.165, 1.54) is 0 Å². The van der Waals surface area contributed by atoms with Crippen molar-refractivity contribution in [3.05, 3.63) is 52.0 Å². The molecule has 1 heterocycles. The highest BCUT2D eigenvalue weighted by Gasteiger charge is 2.15. The molecule has 0 spiro atoms. The molecule has 0 amide bonds. The number of aromatic nitrogens is 2. The van der Waals surface area contributed by atoms with Gasteiger partial charge in [0.05, 0.1) is 10.6 Å². The maximum Gasteiger partial charge on any atom is 0.259 e. The number of nitrogens with two attached hydrogens (primary N) is 1. The molecule has 3 rings (SSSR count). The van der Waals surface area contributed by atoms with Gasteiger partial charge in [-0.25, -0.2) is 0 Å². The van der Waals surface area contributed by atoms with Crippen LogP contribution in [0.4, 0.5) is 5.69 Å². The van der Waals surface area contributed by atoms with Gasteiger partial charge >= 0.3 is 0 Å². The van der Waals surface area contributed by atoms with Gasteiger partial charge in [0.25, 0.3) is 5.89 Å². The molecule has 2 aromatic carbocycles. The van der Waals surface area contributed by atoms with Crippen LogP contribution in [0.1, 0.15) is 0 Å². The van der Waals surface area contributed by atoms with Gasteiger partial charge in [0.2, 0.25) is 5.82 Å². The van der Waals surface area contributed by atoms with E-state index in [-0.39, 0.29) is 0 Å². The lowest BCUT2D eigenvalue weighted by atomic mass is 10.2. The Bertz CT molecular complexity index is 773. The summed E-state index contributed by atoms with van der Waals surface area (Å²) in [4.78, 5) is 4.37. The Kier molecular flexibility index (Phi) is 3.46. The summed E-state index contributed by atoms with van der Waals surface area (Å²) in [7, 11) is 0. The molecule has 3 aromatic rings. The lowest BCUT2D eigenvalue weighted by Crippen LogP contribution is -1.87. The SMILES string of the molecule is Nc1ccc(Br)c(-c2nc(-c3ccccc3Cl)no2)c1. The molecule has 0 bridgehead atoms. The summed E-state index contributed by atoms with van der Waals surface area (Å²) < 4.78 is 6.12. The molecule has 0 aliphatic heterocycles. The van der Waals surface area contributed by atoms with E-state index in [0.717, 1.165) is 15.6 Å². The normalized spacial score (nSPS) is 10.7. The van der Waals surface area contributed by atoms with Gasteiger partial charge in [0, 0.05) is 15.7 Å². The number of hydrogen-bond acceptors (Lipinski definition) is 4. The Morgan fingerprint density at radius 2 is 1.90 bits per heavy atom. The number of nitrogen functional groups attached to an aromatic ring is 1. The fourth-order valence-electron chi connectivity index (χ4n) is 1.79. The second-order valence-corrected chi connectivity index (χ2v) is 5.40. The summed E-state index contributed by atoms with van der Waals surface area (Å²) in [5, 5.41) is 4.54. The predicted molar refractivity (Wildman–Crippen MR) is 82.3 cm³/mol. The number of nitrogens with zero attached hydrogens (tertiary/aromatic N) is 2. The van der Waals surface area contributed by atoms with E-state index in [0.29, 0.717) is 22.4 Å². The van der Waals surface area contributed by atoms with E-state index in [4.69, 9.17) is 21.9 Å². The highest BCUT2D eigenvalue weighted by Crippen LogP contribution is 2.31. The largest absolute Gasteiger partial charge is 0.399 e. The Balaban J connectivity index is 2.07. The topological polar surface area (TPSA) is 64.9 Å². The maximum atomic E-state index is 6.12. The Hall–Kier alpha value is -1.85. The fourth-order valence-corrected chi connectivity index (χ4v) is 2.43. The number of rotatable bonds is 2. The van der Waals surface area contributed by atoms with Crippen LogP contribution in [0, 0.1) is 0 Å². The van der Waals surface area contributed by atoms with Gasteiger partial charge in [-0.2, -0.15) is 4.98 Å².